The van der Waals surface area contributed by atoms with Crippen LogP contribution in [-0.4, -0.2) is 31.1 Å². The molecule has 3 N–H and O–H groups in total. The SMILES string of the molecule is CN=C(NCC(C)(C)NC(C)c1ccccc1)NC1CCCC1. The summed E-state index contributed by atoms with van der Waals surface area (Å²) in [5.74, 6) is 0.916. The van der Waals surface area contributed by atoms with Crippen LogP contribution in [0.15, 0.2) is 35.3 Å². The Balaban J connectivity index is 1.82. The number of hydrogen-bond acceptors (Lipinski definition) is 2. The predicted octanol–water partition coefficient (Wildman–Crippen LogP) is 3.22. The molecule has 2 rings (SSSR count). The molecule has 0 aromatic heterocycles. The summed E-state index contributed by atoms with van der Waals surface area (Å²) >= 11 is 0. The Kier molecular flexibility index (Phi) is 6.46. The number of aliphatic imine (C=N–C) groups is 1. The first-order valence-corrected chi connectivity index (χ1v) is 8.80. The molecule has 1 unspecified atom stereocenters. The molecule has 1 aromatic rings. The van der Waals surface area contributed by atoms with Crippen LogP contribution in [0.25, 0.3) is 0 Å². The van der Waals surface area contributed by atoms with Crippen LogP contribution in [0.4, 0.5) is 0 Å². The van der Waals surface area contributed by atoms with Gasteiger partial charge in [0.2, 0.25) is 0 Å². The molecule has 1 saturated carbocycles. The van der Waals surface area contributed by atoms with Crippen molar-refractivity contribution >= 4 is 5.96 Å². The lowest BCUT2D eigenvalue weighted by Gasteiger charge is -2.31. The number of hydrogen-bond donors (Lipinski definition) is 3. The molecule has 0 spiro atoms. The lowest BCUT2D eigenvalue weighted by molar-refractivity contribution is 0.344. The van der Waals surface area contributed by atoms with E-state index >= 15 is 0 Å². The van der Waals surface area contributed by atoms with E-state index in [1.54, 1.807) is 0 Å². The van der Waals surface area contributed by atoms with Crippen LogP contribution in [0.2, 0.25) is 0 Å². The Morgan fingerprint density at radius 3 is 2.48 bits per heavy atom. The molecule has 0 bridgehead atoms. The fourth-order valence-corrected chi connectivity index (χ4v) is 3.23. The van der Waals surface area contributed by atoms with Crippen LogP contribution < -0.4 is 16.0 Å². The van der Waals surface area contributed by atoms with E-state index in [-0.39, 0.29) is 5.54 Å². The van der Waals surface area contributed by atoms with E-state index in [0.29, 0.717) is 12.1 Å². The smallest absolute Gasteiger partial charge is 0.191 e. The quantitative estimate of drug-likeness (QED) is 0.558. The third-order valence-electron chi connectivity index (χ3n) is 4.52. The zero-order valence-electron chi connectivity index (χ0n) is 15.0. The van der Waals surface area contributed by atoms with Crippen LogP contribution in [0.3, 0.4) is 0 Å². The molecule has 4 nitrogen and oxygen atoms in total. The molecule has 1 aliphatic rings. The Morgan fingerprint density at radius 2 is 1.87 bits per heavy atom. The van der Waals surface area contributed by atoms with E-state index in [1.165, 1.54) is 31.2 Å². The number of nitrogens with one attached hydrogen (secondary N) is 3. The Labute approximate surface area is 141 Å². The van der Waals surface area contributed by atoms with E-state index in [2.05, 4.69) is 72.0 Å². The normalized spacial score (nSPS) is 18.0. The predicted molar refractivity (Wildman–Crippen MR) is 98.8 cm³/mol. The molecule has 0 amide bonds. The highest BCUT2D eigenvalue weighted by Gasteiger charge is 2.22. The molecule has 1 aromatic carbocycles. The summed E-state index contributed by atoms with van der Waals surface area (Å²) in [7, 11) is 1.84. The molecule has 0 heterocycles. The average molecular weight is 316 g/mol. The zero-order valence-corrected chi connectivity index (χ0v) is 15.0. The van der Waals surface area contributed by atoms with Crippen LogP contribution in [-0.2, 0) is 0 Å². The molecule has 23 heavy (non-hydrogen) atoms. The van der Waals surface area contributed by atoms with Crippen molar-refractivity contribution in [3.63, 3.8) is 0 Å². The highest BCUT2D eigenvalue weighted by Crippen LogP contribution is 2.18. The van der Waals surface area contributed by atoms with Crippen molar-refractivity contribution in [3.8, 4) is 0 Å². The number of guanidine groups is 1. The molecule has 0 aliphatic heterocycles. The monoisotopic (exact) mass is 316 g/mol. The van der Waals surface area contributed by atoms with E-state index in [1.807, 2.05) is 7.05 Å². The fourth-order valence-electron chi connectivity index (χ4n) is 3.23. The Bertz CT molecular complexity index is 489. The maximum Gasteiger partial charge on any atom is 0.191 e. The van der Waals surface area contributed by atoms with Gasteiger partial charge in [0.25, 0.3) is 0 Å². The van der Waals surface area contributed by atoms with Crippen molar-refractivity contribution in [2.75, 3.05) is 13.6 Å². The largest absolute Gasteiger partial charge is 0.355 e. The summed E-state index contributed by atoms with van der Waals surface area (Å²) in [6, 6.07) is 11.5. The van der Waals surface area contributed by atoms with E-state index in [4.69, 9.17) is 0 Å². The highest BCUT2D eigenvalue weighted by molar-refractivity contribution is 5.80. The van der Waals surface area contributed by atoms with Gasteiger partial charge in [-0.05, 0) is 39.2 Å². The fraction of sp³-hybridized carbons (Fsp3) is 0.632. The van der Waals surface area contributed by atoms with Gasteiger partial charge in [-0.2, -0.15) is 0 Å². The minimum atomic E-state index is -0.0252. The average Bonchev–Trinajstić information content (AvgIpc) is 3.05. The molecular formula is C19H32N4. The third-order valence-corrected chi connectivity index (χ3v) is 4.52. The van der Waals surface area contributed by atoms with Gasteiger partial charge in [-0.15, -0.1) is 0 Å². The molecule has 0 saturated heterocycles. The molecular weight excluding hydrogens is 284 g/mol. The van der Waals surface area contributed by atoms with Gasteiger partial charge in [-0.3, -0.25) is 4.99 Å². The van der Waals surface area contributed by atoms with Crippen molar-refractivity contribution in [2.45, 2.75) is 64.1 Å². The van der Waals surface area contributed by atoms with Gasteiger partial charge in [-0.25, -0.2) is 0 Å². The molecule has 1 atom stereocenters. The maximum atomic E-state index is 4.36. The summed E-state index contributed by atoms with van der Waals surface area (Å²) in [4.78, 5) is 4.36. The molecule has 1 fully saturated rings. The van der Waals surface area contributed by atoms with Crippen molar-refractivity contribution in [1.29, 1.82) is 0 Å². The molecule has 0 radical (unpaired) electrons. The van der Waals surface area contributed by atoms with Gasteiger partial charge in [0.1, 0.15) is 0 Å². The topological polar surface area (TPSA) is 48.5 Å². The lowest BCUT2D eigenvalue weighted by atomic mass is 10.0. The summed E-state index contributed by atoms with van der Waals surface area (Å²) in [6.45, 7) is 7.49. The van der Waals surface area contributed by atoms with Gasteiger partial charge in [0.15, 0.2) is 5.96 Å². The zero-order chi connectivity index (χ0) is 16.7. The molecule has 1 aliphatic carbocycles. The van der Waals surface area contributed by atoms with Gasteiger partial charge in [0, 0.05) is 31.2 Å². The van der Waals surface area contributed by atoms with Gasteiger partial charge < -0.3 is 16.0 Å². The standard InChI is InChI=1S/C19H32N4/c1-15(16-10-6-5-7-11-16)23-19(2,3)14-21-18(20-4)22-17-12-8-9-13-17/h5-7,10-11,15,17,23H,8-9,12-14H2,1-4H3,(H2,20,21,22). The summed E-state index contributed by atoms with van der Waals surface area (Å²) in [6.07, 6.45) is 5.17. The molecule has 128 valence electrons. The number of rotatable bonds is 6. The second-order valence-corrected chi connectivity index (χ2v) is 7.21. The second-order valence-electron chi connectivity index (χ2n) is 7.21. The van der Waals surface area contributed by atoms with Gasteiger partial charge >= 0.3 is 0 Å². The van der Waals surface area contributed by atoms with Gasteiger partial charge in [-0.1, -0.05) is 43.2 Å². The number of benzene rings is 1. The van der Waals surface area contributed by atoms with E-state index in [0.717, 1.165) is 12.5 Å². The first-order chi connectivity index (χ1) is 11.0. The minimum absolute atomic E-state index is 0.0252. The molecule has 4 heteroatoms. The Morgan fingerprint density at radius 1 is 1.22 bits per heavy atom. The summed E-state index contributed by atoms with van der Waals surface area (Å²) in [5, 5.41) is 10.7. The third kappa shape index (κ3) is 5.87. The van der Waals surface area contributed by atoms with Crippen LogP contribution in [0, 0.1) is 0 Å². The highest BCUT2D eigenvalue weighted by atomic mass is 15.2. The van der Waals surface area contributed by atoms with Crippen molar-refractivity contribution in [1.82, 2.24) is 16.0 Å². The minimum Gasteiger partial charge on any atom is -0.355 e. The van der Waals surface area contributed by atoms with Gasteiger partial charge in [0.05, 0.1) is 0 Å². The van der Waals surface area contributed by atoms with E-state index in [9.17, 15) is 0 Å². The van der Waals surface area contributed by atoms with Crippen LogP contribution in [0.5, 0.6) is 0 Å². The van der Waals surface area contributed by atoms with Crippen molar-refractivity contribution < 1.29 is 0 Å². The van der Waals surface area contributed by atoms with Crippen molar-refractivity contribution in [2.24, 2.45) is 4.99 Å². The summed E-state index contributed by atoms with van der Waals surface area (Å²) in [5.41, 5.74) is 1.29. The summed E-state index contributed by atoms with van der Waals surface area (Å²) < 4.78 is 0. The van der Waals surface area contributed by atoms with Crippen LogP contribution >= 0.6 is 0 Å². The first kappa shape index (κ1) is 17.8. The van der Waals surface area contributed by atoms with Crippen LogP contribution in [0.1, 0.15) is 58.1 Å². The van der Waals surface area contributed by atoms with Crippen molar-refractivity contribution in [3.05, 3.63) is 35.9 Å². The lowest BCUT2D eigenvalue weighted by Crippen LogP contribution is -2.53. The number of nitrogens with zero attached hydrogens (tertiary/aromatic N) is 1. The van der Waals surface area contributed by atoms with E-state index < -0.39 is 0 Å². The maximum absolute atomic E-state index is 4.36. The second kappa shape index (κ2) is 8.34. The Hall–Kier alpha value is -1.55. The first-order valence-electron chi connectivity index (χ1n) is 8.80.